The number of H-pyrrole nitrogens is 1. The minimum Gasteiger partial charge on any atom is -0.491 e. The zero-order valence-electron chi connectivity index (χ0n) is 13.5. The molecule has 6 nitrogen and oxygen atoms in total. The van der Waals surface area contributed by atoms with E-state index in [9.17, 15) is 9.59 Å². The third kappa shape index (κ3) is 4.17. The highest BCUT2D eigenvalue weighted by Gasteiger charge is 2.11. The van der Waals surface area contributed by atoms with Crippen molar-refractivity contribution in [3.05, 3.63) is 60.3 Å². The number of amides is 1. The molecule has 25 heavy (non-hydrogen) atoms. The molecule has 3 aromatic rings. The standard InChI is InChI=1S/C19H18N2O4/c22-18(23)6-3-11-25-17-5-2-1-4-16(17)21-19(24)14-7-8-15-13(12-14)9-10-20-15/h1-2,4-5,7-10,12,20H,3,6,11H2,(H,21,24)(H,22,23). The van der Waals surface area contributed by atoms with Crippen molar-refractivity contribution >= 4 is 28.5 Å². The molecule has 0 fully saturated rings. The predicted molar refractivity (Wildman–Crippen MR) is 95.1 cm³/mol. The third-order valence-corrected chi connectivity index (χ3v) is 3.74. The number of fused-ring (bicyclic) bond motifs is 1. The number of hydrogen-bond donors (Lipinski definition) is 3. The van der Waals surface area contributed by atoms with Crippen LogP contribution in [0.5, 0.6) is 5.75 Å². The average molecular weight is 338 g/mol. The molecule has 0 spiro atoms. The summed E-state index contributed by atoms with van der Waals surface area (Å²) in [5.74, 6) is -0.570. The SMILES string of the molecule is O=C(O)CCCOc1ccccc1NC(=O)c1ccc2[nH]ccc2c1. The van der Waals surface area contributed by atoms with Gasteiger partial charge in [-0.1, -0.05) is 12.1 Å². The summed E-state index contributed by atoms with van der Waals surface area (Å²) in [7, 11) is 0. The van der Waals surface area contributed by atoms with E-state index in [2.05, 4.69) is 10.3 Å². The van der Waals surface area contributed by atoms with Crippen LogP contribution in [0.25, 0.3) is 10.9 Å². The number of aromatic nitrogens is 1. The highest BCUT2D eigenvalue weighted by molar-refractivity contribution is 6.06. The van der Waals surface area contributed by atoms with Crippen LogP contribution in [0.2, 0.25) is 0 Å². The van der Waals surface area contributed by atoms with Crippen LogP contribution in [-0.2, 0) is 4.79 Å². The molecule has 3 rings (SSSR count). The smallest absolute Gasteiger partial charge is 0.303 e. The maximum absolute atomic E-state index is 12.5. The first kappa shape index (κ1) is 16.6. The Balaban J connectivity index is 1.69. The molecular formula is C19H18N2O4. The second kappa shape index (κ2) is 7.53. The molecule has 0 saturated heterocycles. The number of benzene rings is 2. The van der Waals surface area contributed by atoms with Crippen LogP contribution in [0.1, 0.15) is 23.2 Å². The van der Waals surface area contributed by atoms with Crippen LogP contribution in [0.4, 0.5) is 5.69 Å². The molecule has 0 aliphatic carbocycles. The van der Waals surface area contributed by atoms with Crippen LogP contribution in [0, 0.1) is 0 Å². The quantitative estimate of drug-likeness (QED) is 0.573. The molecule has 3 N–H and O–H groups in total. The molecule has 6 heteroatoms. The Bertz CT molecular complexity index is 901. The van der Waals surface area contributed by atoms with Crippen molar-refractivity contribution in [3.63, 3.8) is 0 Å². The van der Waals surface area contributed by atoms with Gasteiger partial charge in [0, 0.05) is 29.1 Å². The minimum atomic E-state index is -0.856. The Labute approximate surface area is 144 Å². The zero-order chi connectivity index (χ0) is 17.6. The molecule has 2 aromatic carbocycles. The van der Waals surface area contributed by atoms with Gasteiger partial charge in [-0.05, 0) is 42.8 Å². The summed E-state index contributed by atoms with van der Waals surface area (Å²) >= 11 is 0. The fraction of sp³-hybridized carbons (Fsp3) is 0.158. The van der Waals surface area contributed by atoms with E-state index in [1.54, 1.807) is 30.3 Å². The number of carbonyl (C=O) groups is 2. The molecule has 128 valence electrons. The summed E-state index contributed by atoms with van der Waals surface area (Å²) in [5, 5.41) is 12.5. The lowest BCUT2D eigenvalue weighted by Gasteiger charge is -2.12. The molecule has 0 saturated carbocycles. The van der Waals surface area contributed by atoms with E-state index in [4.69, 9.17) is 9.84 Å². The van der Waals surface area contributed by atoms with Gasteiger partial charge in [0.05, 0.1) is 12.3 Å². The van der Waals surface area contributed by atoms with Crippen molar-refractivity contribution in [3.8, 4) is 5.75 Å². The number of carbonyl (C=O) groups excluding carboxylic acids is 1. The first-order valence-electron chi connectivity index (χ1n) is 7.95. The van der Waals surface area contributed by atoms with Crippen molar-refractivity contribution in [1.29, 1.82) is 0 Å². The molecular weight excluding hydrogens is 320 g/mol. The first-order chi connectivity index (χ1) is 12.1. The lowest BCUT2D eigenvalue weighted by Crippen LogP contribution is -2.13. The molecule has 0 aliphatic heterocycles. The number of ether oxygens (including phenoxy) is 1. The Hall–Kier alpha value is -3.28. The van der Waals surface area contributed by atoms with Gasteiger partial charge in [0.25, 0.3) is 5.91 Å². The van der Waals surface area contributed by atoms with Gasteiger partial charge in [0.2, 0.25) is 0 Å². The van der Waals surface area contributed by atoms with Crippen molar-refractivity contribution in [2.45, 2.75) is 12.8 Å². The van der Waals surface area contributed by atoms with E-state index >= 15 is 0 Å². The number of aliphatic carboxylic acids is 1. The highest BCUT2D eigenvalue weighted by atomic mass is 16.5. The number of hydrogen-bond acceptors (Lipinski definition) is 3. The molecule has 1 heterocycles. The Morgan fingerprint density at radius 3 is 2.80 bits per heavy atom. The third-order valence-electron chi connectivity index (χ3n) is 3.74. The number of para-hydroxylation sites is 2. The van der Waals surface area contributed by atoms with E-state index in [0.717, 1.165) is 10.9 Å². The van der Waals surface area contributed by atoms with Gasteiger partial charge < -0.3 is 20.1 Å². The van der Waals surface area contributed by atoms with Crippen LogP contribution in [0.3, 0.4) is 0 Å². The highest BCUT2D eigenvalue weighted by Crippen LogP contribution is 2.25. The van der Waals surface area contributed by atoms with Gasteiger partial charge in [0.1, 0.15) is 5.75 Å². The van der Waals surface area contributed by atoms with Crippen molar-refractivity contribution in [2.24, 2.45) is 0 Å². The molecule has 1 aromatic heterocycles. The zero-order valence-corrected chi connectivity index (χ0v) is 13.5. The van der Waals surface area contributed by atoms with Crippen molar-refractivity contribution in [2.75, 3.05) is 11.9 Å². The number of nitrogens with one attached hydrogen (secondary N) is 2. The second-order valence-corrected chi connectivity index (χ2v) is 5.58. The van der Waals surface area contributed by atoms with Crippen molar-refractivity contribution < 1.29 is 19.4 Å². The second-order valence-electron chi connectivity index (χ2n) is 5.58. The lowest BCUT2D eigenvalue weighted by molar-refractivity contribution is -0.137. The topological polar surface area (TPSA) is 91.4 Å². The molecule has 0 radical (unpaired) electrons. The first-order valence-corrected chi connectivity index (χ1v) is 7.95. The molecule has 0 unspecified atom stereocenters. The molecule has 0 atom stereocenters. The van der Waals surface area contributed by atoms with E-state index in [1.165, 1.54) is 0 Å². The fourth-order valence-corrected chi connectivity index (χ4v) is 2.49. The maximum Gasteiger partial charge on any atom is 0.303 e. The Morgan fingerprint density at radius 2 is 1.96 bits per heavy atom. The van der Waals surface area contributed by atoms with Gasteiger partial charge >= 0.3 is 5.97 Å². The van der Waals surface area contributed by atoms with Gasteiger partial charge in [0.15, 0.2) is 0 Å². The van der Waals surface area contributed by atoms with Crippen LogP contribution in [0.15, 0.2) is 54.7 Å². The number of carboxylic acids is 1. The number of rotatable bonds is 7. The van der Waals surface area contributed by atoms with E-state index in [1.807, 2.05) is 24.4 Å². The monoisotopic (exact) mass is 338 g/mol. The minimum absolute atomic E-state index is 0.0468. The van der Waals surface area contributed by atoms with E-state index in [0.29, 0.717) is 23.4 Å². The van der Waals surface area contributed by atoms with Crippen LogP contribution >= 0.6 is 0 Å². The summed E-state index contributed by atoms with van der Waals surface area (Å²) in [5.41, 5.74) is 2.07. The maximum atomic E-state index is 12.5. The Kier molecular flexibility index (Phi) is 4.99. The van der Waals surface area contributed by atoms with Crippen molar-refractivity contribution in [1.82, 2.24) is 4.98 Å². The van der Waals surface area contributed by atoms with Gasteiger partial charge in [-0.2, -0.15) is 0 Å². The van der Waals surface area contributed by atoms with Gasteiger partial charge in [-0.25, -0.2) is 0 Å². The summed E-state index contributed by atoms with van der Waals surface area (Å²) in [4.78, 5) is 26.1. The lowest BCUT2D eigenvalue weighted by atomic mass is 10.1. The average Bonchev–Trinajstić information content (AvgIpc) is 3.07. The summed E-state index contributed by atoms with van der Waals surface area (Å²) < 4.78 is 5.60. The molecule has 0 bridgehead atoms. The largest absolute Gasteiger partial charge is 0.491 e. The molecule has 1 amide bonds. The summed E-state index contributed by atoms with van der Waals surface area (Å²) in [6.45, 7) is 0.272. The van der Waals surface area contributed by atoms with E-state index < -0.39 is 5.97 Å². The van der Waals surface area contributed by atoms with Crippen LogP contribution < -0.4 is 10.1 Å². The number of carboxylic acid groups (broad SMARTS) is 1. The summed E-state index contributed by atoms with van der Waals surface area (Å²) in [6.07, 6.45) is 2.28. The summed E-state index contributed by atoms with van der Waals surface area (Å²) in [6, 6.07) is 14.4. The fourth-order valence-electron chi connectivity index (χ4n) is 2.49. The van der Waals surface area contributed by atoms with E-state index in [-0.39, 0.29) is 18.9 Å². The normalized spacial score (nSPS) is 10.6. The number of aromatic amines is 1. The van der Waals surface area contributed by atoms with Gasteiger partial charge in [-0.3, -0.25) is 9.59 Å². The van der Waals surface area contributed by atoms with Crippen LogP contribution in [-0.4, -0.2) is 28.6 Å². The Morgan fingerprint density at radius 1 is 1.12 bits per heavy atom. The molecule has 0 aliphatic rings. The number of anilines is 1. The van der Waals surface area contributed by atoms with Gasteiger partial charge in [-0.15, -0.1) is 0 Å². The predicted octanol–water partition coefficient (Wildman–Crippen LogP) is 3.66.